The number of hydrogen-bond donors (Lipinski definition) is 2. The van der Waals surface area contributed by atoms with E-state index in [1.54, 1.807) is 35.3 Å². The van der Waals surface area contributed by atoms with Crippen molar-refractivity contribution in [3.63, 3.8) is 0 Å². The standard InChI is InChI=1S/C24H24FN7O/c1-2-11-27-24(33)30-21-18(15-9-10-15)13-28-22(29-21)20-17-7-5-12-26-23(17)32(31-20)14-16-6-3-4-8-19(16)25/h3-8,12-13,15H,2,9-11,14H2,1H3,(H2,27,28,29,30,33). The van der Waals surface area contributed by atoms with E-state index in [4.69, 9.17) is 5.10 Å². The minimum atomic E-state index is -0.298. The quantitative estimate of drug-likeness (QED) is 0.437. The molecule has 1 saturated carbocycles. The Hall–Kier alpha value is -3.88. The molecule has 0 radical (unpaired) electrons. The maximum atomic E-state index is 14.3. The van der Waals surface area contributed by atoms with Gasteiger partial charge in [0.25, 0.3) is 0 Å². The first-order valence-electron chi connectivity index (χ1n) is 11.1. The van der Waals surface area contributed by atoms with Crippen LogP contribution in [0.1, 0.15) is 43.2 Å². The zero-order chi connectivity index (χ0) is 22.8. The average Bonchev–Trinajstić information content (AvgIpc) is 3.61. The Kier molecular flexibility index (Phi) is 5.68. The second kappa shape index (κ2) is 8.93. The third-order valence-electron chi connectivity index (χ3n) is 5.60. The van der Waals surface area contributed by atoms with Crippen molar-refractivity contribution in [2.24, 2.45) is 0 Å². The summed E-state index contributed by atoms with van der Waals surface area (Å²) in [4.78, 5) is 26.0. The molecule has 1 aliphatic carbocycles. The molecule has 1 fully saturated rings. The number of nitrogens with one attached hydrogen (secondary N) is 2. The maximum Gasteiger partial charge on any atom is 0.320 e. The van der Waals surface area contributed by atoms with E-state index < -0.39 is 0 Å². The number of urea groups is 1. The van der Waals surface area contributed by atoms with Crippen LogP contribution < -0.4 is 10.6 Å². The summed E-state index contributed by atoms with van der Waals surface area (Å²) in [6.07, 6.45) is 6.40. The van der Waals surface area contributed by atoms with Crippen LogP contribution in [-0.4, -0.2) is 37.3 Å². The highest BCUT2D eigenvalue weighted by atomic mass is 19.1. The Balaban J connectivity index is 1.54. The zero-order valence-electron chi connectivity index (χ0n) is 18.3. The molecule has 2 amide bonds. The number of anilines is 1. The number of fused-ring (bicyclic) bond motifs is 1. The van der Waals surface area contributed by atoms with Crippen LogP contribution in [-0.2, 0) is 6.54 Å². The molecule has 0 atom stereocenters. The van der Waals surface area contributed by atoms with Gasteiger partial charge in [0.2, 0.25) is 0 Å². The van der Waals surface area contributed by atoms with Crippen molar-refractivity contribution in [1.82, 2.24) is 30.0 Å². The maximum absolute atomic E-state index is 14.3. The number of halogens is 1. The second-order valence-electron chi connectivity index (χ2n) is 8.12. The van der Waals surface area contributed by atoms with Gasteiger partial charge in [-0.2, -0.15) is 5.10 Å². The Morgan fingerprint density at radius 1 is 1.18 bits per heavy atom. The van der Waals surface area contributed by atoms with Gasteiger partial charge < -0.3 is 5.32 Å². The summed E-state index contributed by atoms with van der Waals surface area (Å²) in [7, 11) is 0. The van der Waals surface area contributed by atoms with Crippen LogP contribution in [0.5, 0.6) is 0 Å². The van der Waals surface area contributed by atoms with E-state index in [0.29, 0.717) is 41.0 Å². The first kappa shape index (κ1) is 21.0. The highest BCUT2D eigenvalue weighted by Crippen LogP contribution is 2.43. The summed E-state index contributed by atoms with van der Waals surface area (Å²) in [6, 6.07) is 10.0. The van der Waals surface area contributed by atoms with E-state index in [1.165, 1.54) is 6.07 Å². The van der Waals surface area contributed by atoms with Gasteiger partial charge in [-0.25, -0.2) is 28.8 Å². The fourth-order valence-corrected chi connectivity index (χ4v) is 3.76. The molecular weight excluding hydrogens is 421 g/mol. The molecule has 0 aliphatic heterocycles. The molecule has 5 rings (SSSR count). The molecule has 1 aromatic carbocycles. The Labute approximate surface area is 190 Å². The summed E-state index contributed by atoms with van der Waals surface area (Å²) in [6.45, 7) is 2.81. The van der Waals surface area contributed by atoms with E-state index in [0.717, 1.165) is 30.2 Å². The minimum Gasteiger partial charge on any atom is -0.338 e. The highest BCUT2D eigenvalue weighted by Gasteiger charge is 2.29. The number of amides is 2. The number of carbonyl (C=O) groups excluding carboxylic acids is 1. The van der Waals surface area contributed by atoms with Gasteiger partial charge in [0.05, 0.1) is 11.9 Å². The van der Waals surface area contributed by atoms with Crippen molar-refractivity contribution in [2.75, 3.05) is 11.9 Å². The van der Waals surface area contributed by atoms with E-state index in [-0.39, 0.29) is 18.4 Å². The molecule has 3 aromatic heterocycles. The molecule has 0 spiro atoms. The van der Waals surface area contributed by atoms with E-state index >= 15 is 0 Å². The topological polar surface area (TPSA) is 97.6 Å². The average molecular weight is 446 g/mol. The molecule has 0 unspecified atom stereocenters. The van der Waals surface area contributed by atoms with Gasteiger partial charge >= 0.3 is 6.03 Å². The van der Waals surface area contributed by atoms with Crippen molar-refractivity contribution in [1.29, 1.82) is 0 Å². The molecule has 1 aliphatic rings. The molecule has 0 saturated heterocycles. The Morgan fingerprint density at radius 2 is 2.03 bits per heavy atom. The number of nitrogens with zero attached hydrogens (tertiary/aromatic N) is 5. The van der Waals surface area contributed by atoms with E-state index in [2.05, 4.69) is 25.6 Å². The number of hydrogen-bond acceptors (Lipinski definition) is 5. The molecule has 2 N–H and O–H groups in total. The molecule has 0 bridgehead atoms. The van der Waals surface area contributed by atoms with E-state index in [9.17, 15) is 9.18 Å². The molecule has 33 heavy (non-hydrogen) atoms. The van der Waals surface area contributed by atoms with Gasteiger partial charge in [0.1, 0.15) is 17.3 Å². The number of aromatic nitrogens is 5. The Morgan fingerprint density at radius 3 is 2.82 bits per heavy atom. The third-order valence-corrected chi connectivity index (χ3v) is 5.60. The molecular formula is C24H24FN7O. The van der Waals surface area contributed by atoms with Gasteiger partial charge in [-0.1, -0.05) is 25.1 Å². The van der Waals surface area contributed by atoms with Crippen LogP contribution in [0.2, 0.25) is 0 Å². The van der Waals surface area contributed by atoms with Crippen LogP contribution in [0.25, 0.3) is 22.6 Å². The highest BCUT2D eigenvalue weighted by molar-refractivity contribution is 5.91. The van der Waals surface area contributed by atoms with Gasteiger partial charge in [-0.15, -0.1) is 0 Å². The lowest BCUT2D eigenvalue weighted by Gasteiger charge is -2.11. The minimum absolute atomic E-state index is 0.227. The molecule has 8 nitrogen and oxygen atoms in total. The monoisotopic (exact) mass is 445 g/mol. The summed E-state index contributed by atoms with van der Waals surface area (Å²) in [5, 5.41) is 11.1. The predicted molar refractivity (Wildman–Crippen MR) is 123 cm³/mol. The SMILES string of the molecule is CCCNC(=O)Nc1nc(-c2nn(Cc3ccccc3F)c3ncccc23)ncc1C1CC1. The summed E-state index contributed by atoms with van der Waals surface area (Å²) >= 11 is 0. The molecule has 9 heteroatoms. The van der Waals surface area contributed by atoms with Gasteiger partial charge in [-0.3, -0.25) is 5.32 Å². The lowest BCUT2D eigenvalue weighted by atomic mass is 10.2. The number of rotatable bonds is 7. The van der Waals surface area contributed by atoms with Crippen molar-refractivity contribution >= 4 is 22.9 Å². The largest absolute Gasteiger partial charge is 0.338 e. The van der Waals surface area contributed by atoms with Gasteiger partial charge in [0.15, 0.2) is 11.5 Å². The fraction of sp³-hybridized carbons (Fsp3) is 0.292. The van der Waals surface area contributed by atoms with Gasteiger partial charge in [0, 0.05) is 30.1 Å². The molecule has 4 aromatic rings. The lowest BCUT2D eigenvalue weighted by Crippen LogP contribution is -2.30. The number of carbonyl (C=O) groups is 1. The molecule has 168 valence electrons. The van der Waals surface area contributed by atoms with Crippen LogP contribution in [0.4, 0.5) is 15.0 Å². The second-order valence-corrected chi connectivity index (χ2v) is 8.12. The van der Waals surface area contributed by atoms with Crippen molar-refractivity contribution in [3.05, 3.63) is 65.7 Å². The normalized spacial score (nSPS) is 13.3. The van der Waals surface area contributed by atoms with Crippen LogP contribution in [0, 0.1) is 5.82 Å². The summed E-state index contributed by atoms with van der Waals surface area (Å²) in [5.41, 5.74) is 2.59. The fourth-order valence-electron chi connectivity index (χ4n) is 3.76. The smallest absolute Gasteiger partial charge is 0.320 e. The Bertz CT molecular complexity index is 1320. The first-order chi connectivity index (χ1) is 16.1. The number of benzene rings is 1. The van der Waals surface area contributed by atoms with Crippen LogP contribution in [0.3, 0.4) is 0 Å². The predicted octanol–water partition coefficient (Wildman–Crippen LogP) is 4.48. The van der Waals surface area contributed by atoms with Crippen molar-refractivity contribution < 1.29 is 9.18 Å². The summed E-state index contributed by atoms with van der Waals surface area (Å²) < 4.78 is 15.9. The third kappa shape index (κ3) is 4.39. The van der Waals surface area contributed by atoms with Gasteiger partial charge in [-0.05, 0) is 43.4 Å². The van der Waals surface area contributed by atoms with Crippen molar-refractivity contribution in [3.8, 4) is 11.5 Å². The van der Waals surface area contributed by atoms with Crippen molar-refractivity contribution in [2.45, 2.75) is 38.6 Å². The zero-order valence-corrected chi connectivity index (χ0v) is 18.3. The molecule has 3 heterocycles. The first-order valence-corrected chi connectivity index (χ1v) is 11.1. The lowest BCUT2D eigenvalue weighted by molar-refractivity contribution is 0.252. The van der Waals surface area contributed by atoms with E-state index in [1.807, 2.05) is 19.1 Å². The van der Waals surface area contributed by atoms with Crippen LogP contribution in [0.15, 0.2) is 48.8 Å². The van der Waals surface area contributed by atoms with Crippen LogP contribution >= 0.6 is 0 Å². The summed E-state index contributed by atoms with van der Waals surface area (Å²) in [5.74, 6) is 0.943. The number of pyridine rings is 1.